The first-order chi connectivity index (χ1) is 17.2. The van der Waals surface area contributed by atoms with Crippen LogP contribution in [0.2, 0.25) is 0 Å². The Bertz CT molecular complexity index is 1360. The second-order valence-electron chi connectivity index (χ2n) is 8.98. The van der Waals surface area contributed by atoms with E-state index in [-0.39, 0.29) is 22.8 Å². The summed E-state index contributed by atoms with van der Waals surface area (Å²) in [6.45, 7) is 5.90. The summed E-state index contributed by atoms with van der Waals surface area (Å²) in [5.41, 5.74) is 2.67. The van der Waals surface area contributed by atoms with Crippen molar-refractivity contribution < 1.29 is 29.0 Å². The van der Waals surface area contributed by atoms with E-state index in [0.717, 1.165) is 11.1 Å². The first-order valence-corrected chi connectivity index (χ1v) is 11.8. The number of aryl methyl sites for hydroxylation is 1. The number of hydrogen-bond donors (Lipinski definition) is 2. The van der Waals surface area contributed by atoms with Gasteiger partial charge in [0.05, 0.1) is 11.1 Å². The number of cyclic esters (lactones) is 1. The number of Topliss-reactive ketones (excluding diaryl/α,β-unsaturated/α-hetero) is 2. The lowest BCUT2D eigenvalue weighted by atomic mass is 9.84. The largest absolute Gasteiger partial charge is 0.507 e. The average molecular weight is 486 g/mol. The minimum absolute atomic E-state index is 0.0725. The molecule has 4 rings (SSSR count). The minimum atomic E-state index is -1.68. The van der Waals surface area contributed by atoms with E-state index in [1.54, 1.807) is 18.2 Å². The van der Waals surface area contributed by atoms with E-state index >= 15 is 0 Å². The van der Waals surface area contributed by atoms with Crippen molar-refractivity contribution in [2.75, 3.05) is 5.32 Å². The van der Waals surface area contributed by atoms with Crippen molar-refractivity contribution in [3.8, 4) is 5.75 Å². The van der Waals surface area contributed by atoms with Gasteiger partial charge in [-0.2, -0.15) is 0 Å². The molecule has 3 aromatic carbocycles. The van der Waals surface area contributed by atoms with Crippen LogP contribution in [0.25, 0.3) is 0 Å². The molecule has 0 bridgehead atoms. The number of anilines is 1. The molecule has 36 heavy (non-hydrogen) atoms. The zero-order valence-electron chi connectivity index (χ0n) is 20.3. The van der Waals surface area contributed by atoms with E-state index < -0.39 is 35.5 Å². The summed E-state index contributed by atoms with van der Waals surface area (Å²) in [4.78, 5) is 53.1. The van der Waals surface area contributed by atoms with Crippen molar-refractivity contribution in [3.63, 3.8) is 0 Å². The Morgan fingerprint density at radius 1 is 0.972 bits per heavy atom. The number of esters is 1. The van der Waals surface area contributed by atoms with E-state index in [2.05, 4.69) is 5.32 Å². The molecule has 0 unspecified atom stereocenters. The van der Waals surface area contributed by atoms with Gasteiger partial charge in [0.15, 0.2) is 5.78 Å². The van der Waals surface area contributed by atoms with Crippen molar-refractivity contribution >= 4 is 29.1 Å². The number of amides is 1. The van der Waals surface area contributed by atoms with Gasteiger partial charge in [0.2, 0.25) is 5.78 Å². The highest BCUT2D eigenvalue weighted by Crippen LogP contribution is 2.39. The van der Waals surface area contributed by atoms with Crippen LogP contribution in [-0.4, -0.2) is 28.5 Å². The second kappa shape index (κ2) is 10.2. The minimum Gasteiger partial charge on any atom is -0.507 e. The number of aromatic hydroxyl groups is 1. The molecule has 184 valence electrons. The number of para-hydroxylation sites is 2. The van der Waals surface area contributed by atoms with Crippen LogP contribution < -0.4 is 5.32 Å². The van der Waals surface area contributed by atoms with Crippen molar-refractivity contribution in [3.05, 3.63) is 94.5 Å². The predicted octanol–water partition coefficient (Wildman–Crippen LogP) is 5.00. The first kappa shape index (κ1) is 24.9. The third kappa shape index (κ3) is 4.52. The van der Waals surface area contributed by atoms with Gasteiger partial charge in [-0.15, -0.1) is 0 Å². The highest BCUT2D eigenvalue weighted by atomic mass is 16.5. The summed E-state index contributed by atoms with van der Waals surface area (Å²) in [7, 11) is 0. The summed E-state index contributed by atoms with van der Waals surface area (Å²) < 4.78 is 5.46. The normalized spacial score (nSPS) is 15.2. The van der Waals surface area contributed by atoms with Crippen molar-refractivity contribution in [2.24, 2.45) is 5.92 Å². The molecule has 1 heterocycles. The topological polar surface area (TPSA) is 110 Å². The quantitative estimate of drug-likeness (QED) is 0.201. The van der Waals surface area contributed by atoms with Gasteiger partial charge in [0, 0.05) is 11.3 Å². The summed E-state index contributed by atoms with van der Waals surface area (Å²) in [5, 5.41) is 13.0. The maximum atomic E-state index is 13.7. The molecule has 7 nitrogen and oxygen atoms in total. The number of rotatable bonds is 8. The molecule has 0 aromatic heterocycles. The fourth-order valence-electron chi connectivity index (χ4n) is 4.53. The average Bonchev–Trinajstić information content (AvgIpc) is 3.20. The fraction of sp³-hybridized carbons (Fsp3) is 0.241. The summed E-state index contributed by atoms with van der Waals surface area (Å²) in [5.74, 6) is -5.49. The Hall–Kier alpha value is -4.26. The molecule has 7 heteroatoms. The van der Waals surface area contributed by atoms with Crippen LogP contribution in [0.3, 0.4) is 0 Å². The maximum Gasteiger partial charge on any atom is 0.339 e. The molecule has 1 aliphatic rings. The van der Waals surface area contributed by atoms with Crippen molar-refractivity contribution in [1.82, 2.24) is 0 Å². The van der Waals surface area contributed by atoms with Gasteiger partial charge in [0.25, 0.3) is 5.91 Å². The van der Waals surface area contributed by atoms with Crippen LogP contribution in [0, 0.1) is 5.92 Å². The number of hydrogen-bond acceptors (Lipinski definition) is 6. The van der Waals surface area contributed by atoms with Crippen LogP contribution in [-0.2, 0) is 20.7 Å². The lowest BCUT2D eigenvalue weighted by Gasteiger charge is -2.22. The number of carbonyl (C=O) groups is 4. The number of benzene rings is 3. The van der Waals surface area contributed by atoms with E-state index in [4.69, 9.17) is 4.74 Å². The van der Waals surface area contributed by atoms with Crippen LogP contribution in [0.4, 0.5) is 5.69 Å². The Balaban J connectivity index is 1.76. The molecule has 0 aliphatic carbocycles. The fourth-order valence-corrected chi connectivity index (χ4v) is 4.53. The van der Waals surface area contributed by atoms with Gasteiger partial charge in [-0.25, -0.2) is 4.79 Å². The molecular weight excluding hydrogens is 458 g/mol. The molecular formula is C29H27NO6. The van der Waals surface area contributed by atoms with E-state index in [0.29, 0.717) is 17.7 Å². The van der Waals surface area contributed by atoms with E-state index in [9.17, 15) is 24.3 Å². The summed E-state index contributed by atoms with van der Waals surface area (Å²) in [6.07, 6.45) is -0.678. The number of carbonyl (C=O) groups excluding carboxylic acids is 4. The molecule has 0 spiro atoms. The molecule has 3 aromatic rings. The molecule has 1 amide bonds. The molecule has 0 fully saturated rings. The lowest BCUT2D eigenvalue weighted by molar-refractivity contribution is -0.138. The molecule has 1 aliphatic heterocycles. The van der Waals surface area contributed by atoms with Gasteiger partial charge < -0.3 is 15.2 Å². The molecule has 0 radical (unpaired) electrons. The number of ketones is 2. The van der Waals surface area contributed by atoms with Crippen LogP contribution in [0.1, 0.15) is 70.2 Å². The monoisotopic (exact) mass is 485 g/mol. The van der Waals surface area contributed by atoms with Crippen molar-refractivity contribution in [2.45, 2.75) is 39.2 Å². The van der Waals surface area contributed by atoms with Crippen LogP contribution in [0.15, 0.2) is 66.7 Å². The molecule has 2 atom stereocenters. The second-order valence-corrected chi connectivity index (χ2v) is 8.98. The predicted molar refractivity (Wildman–Crippen MR) is 134 cm³/mol. The number of phenolic OH excluding ortho intramolecular Hbond substituents is 1. The van der Waals surface area contributed by atoms with Gasteiger partial charge in [-0.05, 0) is 41.7 Å². The highest BCUT2D eigenvalue weighted by molar-refractivity contribution is 6.45. The van der Waals surface area contributed by atoms with Gasteiger partial charge in [-0.1, -0.05) is 69.3 Å². The Labute approximate surface area is 209 Å². The van der Waals surface area contributed by atoms with Gasteiger partial charge in [0.1, 0.15) is 17.8 Å². The van der Waals surface area contributed by atoms with Crippen molar-refractivity contribution in [1.29, 1.82) is 0 Å². The van der Waals surface area contributed by atoms with E-state index in [1.807, 2.05) is 39.0 Å². The van der Waals surface area contributed by atoms with Gasteiger partial charge >= 0.3 is 5.97 Å². The van der Waals surface area contributed by atoms with Crippen LogP contribution >= 0.6 is 0 Å². The SMILES string of the molecule is CCc1cccc(C(C)C)c1NC(=O)C(=O)[C@@H](C(=O)c1ccccc1O)[C@@H]1OC(=O)c2ccccc21. The standard InChI is InChI=1S/C29H27NO6/c1-4-17-10-9-14-18(16(2)3)24(17)30-28(34)26(33)23(25(32)21-13-7-8-15-22(21)31)27-19-11-5-6-12-20(19)29(35)36-27/h5-16,23,27,31H,4H2,1-3H3,(H,30,34)/t23-,27-/m1/s1. The Kier molecular flexibility index (Phi) is 7.01. The van der Waals surface area contributed by atoms with Gasteiger partial charge in [-0.3, -0.25) is 14.4 Å². The first-order valence-electron chi connectivity index (χ1n) is 11.8. The maximum absolute atomic E-state index is 13.7. The van der Waals surface area contributed by atoms with Crippen LogP contribution in [0.5, 0.6) is 5.75 Å². The Morgan fingerprint density at radius 2 is 1.67 bits per heavy atom. The third-order valence-corrected chi connectivity index (χ3v) is 6.41. The zero-order valence-corrected chi connectivity index (χ0v) is 20.3. The molecule has 0 saturated heterocycles. The number of fused-ring (bicyclic) bond motifs is 1. The summed E-state index contributed by atoms with van der Waals surface area (Å²) in [6, 6.07) is 17.8. The molecule has 0 saturated carbocycles. The highest BCUT2D eigenvalue weighted by Gasteiger charge is 2.46. The zero-order chi connectivity index (χ0) is 26.0. The summed E-state index contributed by atoms with van der Waals surface area (Å²) >= 11 is 0. The van der Waals surface area contributed by atoms with E-state index in [1.165, 1.54) is 30.3 Å². The smallest absolute Gasteiger partial charge is 0.339 e. The number of phenols is 1. The number of ether oxygens (including phenoxy) is 1. The molecule has 2 N–H and O–H groups in total. The number of nitrogens with one attached hydrogen (secondary N) is 1. The third-order valence-electron chi connectivity index (χ3n) is 6.41. The lowest BCUT2D eigenvalue weighted by Crippen LogP contribution is -2.38. The Morgan fingerprint density at radius 3 is 2.36 bits per heavy atom.